The van der Waals surface area contributed by atoms with E-state index in [1.165, 1.54) is 19.2 Å². The van der Waals surface area contributed by atoms with Crippen LogP contribution in [0.5, 0.6) is 5.75 Å². The van der Waals surface area contributed by atoms with Gasteiger partial charge in [-0.05, 0) is 36.2 Å². The lowest BCUT2D eigenvalue weighted by atomic mass is 9.97. The van der Waals surface area contributed by atoms with Crippen molar-refractivity contribution in [3.05, 3.63) is 53.3 Å². The van der Waals surface area contributed by atoms with Crippen LogP contribution in [0.4, 0.5) is 4.39 Å². The van der Waals surface area contributed by atoms with E-state index >= 15 is 0 Å². The van der Waals surface area contributed by atoms with Gasteiger partial charge in [0.05, 0.1) is 12.7 Å². The first-order chi connectivity index (χ1) is 9.04. The molecule has 2 N–H and O–H groups in total. The average molecular weight is 259 g/mol. The van der Waals surface area contributed by atoms with Gasteiger partial charge in [0.2, 0.25) is 0 Å². The van der Waals surface area contributed by atoms with E-state index in [-0.39, 0.29) is 5.82 Å². The first kappa shape index (κ1) is 13.1. The van der Waals surface area contributed by atoms with Crippen LogP contribution in [0.2, 0.25) is 0 Å². The number of methoxy groups -OCH3 is 1. The SMILES string of the molecule is COc1c(C(N)=O)cccc1-c1ccc(F)cc1C. The molecular formula is C15H14FNO2. The minimum absolute atomic E-state index is 0.300. The molecule has 19 heavy (non-hydrogen) atoms. The maximum Gasteiger partial charge on any atom is 0.252 e. The lowest BCUT2D eigenvalue weighted by Gasteiger charge is -2.13. The molecular weight excluding hydrogens is 245 g/mol. The van der Waals surface area contributed by atoms with Crippen LogP contribution in [0, 0.1) is 12.7 Å². The molecule has 0 saturated carbocycles. The molecule has 0 aromatic heterocycles. The van der Waals surface area contributed by atoms with Gasteiger partial charge in [0, 0.05) is 5.56 Å². The number of rotatable bonds is 3. The summed E-state index contributed by atoms with van der Waals surface area (Å²) in [5.41, 5.74) is 7.92. The summed E-state index contributed by atoms with van der Waals surface area (Å²) in [6.07, 6.45) is 0. The number of carbonyl (C=O) groups is 1. The molecule has 2 rings (SSSR count). The van der Waals surface area contributed by atoms with E-state index < -0.39 is 5.91 Å². The third kappa shape index (κ3) is 2.42. The van der Waals surface area contributed by atoms with Gasteiger partial charge in [-0.1, -0.05) is 18.2 Å². The topological polar surface area (TPSA) is 52.3 Å². The predicted octanol–water partition coefficient (Wildman–Crippen LogP) is 2.91. The fraction of sp³-hybridized carbons (Fsp3) is 0.133. The van der Waals surface area contributed by atoms with E-state index in [0.29, 0.717) is 11.3 Å². The Labute approximate surface area is 110 Å². The molecule has 0 spiro atoms. The van der Waals surface area contributed by atoms with Crippen molar-refractivity contribution in [3.63, 3.8) is 0 Å². The molecule has 4 heteroatoms. The molecule has 0 bridgehead atoms. The second kappa shape index (κ2) is 5.10. The fourth-order valence-electron chi connectivity index (χ4n) is 2.09. The van der Waals surface area contributed by atoms with Gasteiger partial charge in [-0.25, -0.2) is 4.39 Å². The van der Waals surface area contributed by atoms with Crippen LogP contribution in [-0.4, -0.2) is 13.0 Å². The van der Waals surface area contributed by atoms with Crippen molar-refractivity contribution in [2.45, 2.75) is 6.92 Å². The number of aryl methyl sites for hydroxylation is 1. The van der Waals surface area contributed by atoms with Crippen molar-refractivity contribution in [1.82, 2.24) is 0 Å². The van der Waals surface area contributed by atoms with E-state index in [1.54, 1.807) is 25.1 Å². The summed E-state index contributed by atoms with van der Waals surface area (Å²) < 4.78 is 18.4. The Morgan fingerprint density at radius 1 is 1.21 bits per heavy atom. The van der Waals surface area contributed by atoms with Gasteiger partial charge in [-0.2, -0.15) is 0 Å². The molecule has 0 fully saturated rings. The second-order valence-corrected chi connectivity index (χ2v) is 4.21. The van der Waals surface area contributed by atoms with E-state index in [0.717, 1.165) is 16.7 Å². The first-order valence-electron chi connectivity index (χ1n) is 5.78. The summed E-state index contributed by atoms with van der Waals surface area (Å²) in [6.45, 7) is 1.80. The quantitative estimate of drug-likeness (QED) is 0.921. The van der Waals surface area contributed by atoms with E-state index in [4.69, 9.17) is 10.5 Å². The summed E-state index contributed by atoms with van der Waals surface area (Å²) >= 11 is 0. The molecule has 0 aliphatic rings. The lowest BCUT2D eigenvalue weighted by Crippen LogP contribution is -2.12. The summed E-state index contributed by atoms with van der Waals surface area (Å²) in [6, 6.07) is 9.60. The number of hydrogen-bond acceptors (Lipinski definition) is 2. The third-order valence-electron chi connectivity index (χ3n) is 2.96. The van der Waals surface area contributed by atoms with Gasteiger partial charge in [-0.3, -0.25) is 4.79 Å². The molecule has 2 aromatic carbocycles. The fourth-order valence-corrected chi connectivity index (χ4v) is 2.09. The number of carbonyl (C=O) groups excluding carboxylic acids is 1. The number of hydrogen-bond donors (Lipinski definition) is 1. The van der Waals surface area contributed by atoms with Crippen LogP contribution in [0.3, 0.4) is 0 Å². The number of benzene rings is 2. The van der Waals surface area contributed by atoms with Gasteiger partial charge in [-0.15, -0.1) is 0 Å². The Balaban J connectivity index is 2.68. The highest BCUT2D eigenvalue weighted by atomic mass is 19.1. The van der Waals surface area contributed by atoms with Crippen molar-refractivity contribution >= 4 is 5.91 Å². The van der Waals surface area contributed by atoms with Crippen LogP contribution >= 0.6 is 0 Å². The Hall–Kier alpha value is -2.36. The molecule has 0 unspecified atom stereocenters. The predicted molar refractivity (Wildman–Crippen MR) is 71.6 cm³/mol. The average Bonchev–Trinajstić information content (AvgIpc) is 2.37. The molecule has 98 valence electrons. The molecule has 2 aromatic rings. The molecule has 1 amide bonds. The van der Waals surface area contributed by atoms with Crippen LogP contribution in [-0.2, 0) is 0 Å². The van der Waals surface area contributed by atoms with E-state index in [1.807, 2.05) is 6.07 Å². The number of primary amides is 1. The van der Waals surface area contributed by atoms with Gasteiger partial charge >= 0.3 is 0 Å². The van der Waals surface area contributed by atoms with E-state index in [9.17, 15) is 9.18 Å². The third-order valence-corrected chi connectivity index (χ3v) is 2.96. The summed E-state index contributed by atoms with van der Waals surface area (Å²) in [7, 11) is 1.48. The summed E-state index contributed by atoms with van der Waals surface area (Å²) in [5.74, 6) is -0.450. The number of para-hydroxylation sites is 1. The zero-order valence-electron chi connectivity index (χ0n) is 10.7. The van der Waals surface area contributed by atoms with Gasteiger partial charge in [0.15, 0.2) is 0 Å². The number of ether oxygens (including phenoxy) is 1. The first-order valence-corrected chi connectivity index (χ1v) is 5.78. The minimum Gasteiger partial charge on any atom is -0.495 e. The van der Waals surface area contributed by atoms with Gasteiger partial charge < -0.3 is 10.5 Å². The Morgan fingerprint density at radius 2 is 1.95 bits per heavy atom. The van der Waals surface area contributed by atoms with Crippen molar-refractivity contribution in [2.24, 2.45) is 5.73 Å². The van der Waals surface area contributed by atoms with Crippen molar-refractivity contribution in [2.75, 3.05) is 7.11 Å². The summed E-state index contributed by atoms with van der Waals surface area (Å²) in [5, 5.41) is 0. The number of nitrogens with two attached hydrogens (primary N) is 1. The number of halogens is 1. The monoisotopic (exact) mass is 259 g/mol. The highest BCUT2D eigenvalue weighted by molar-refractivity contribution is 5.98. The molecule has 0 heterocycles. The van der Waals surface area contributed by atoms with Crippen molar-refractivity contribution < 1.29 is 13.9 Å². The van der Waals surface area contributed by atoms with Gasteiger partial charge in [0.25, 0.3) is 5.91 Å². The van der Waals surface area contributed by atoms with Crippen molar-refractivity contribution in [3.8, 4) is 16.9 Å². The lowest BCUT2D eigenvalue weighted by molar-refractivity contribution is 0.0997. The molecule has 0 aliphatic heterocycles. The van der Waals surface area contributed by atoms with Crippen molar-refractivity contribution in [1.29, 1.82) is 0 Å². The van der Waals surface area contributed by atoms with Crippen LogP contribution in [0.25, 0.3) is 11.1 Å². The Bertz CT molecular complexity index is 638. The zero-order chi connectivity index (χ0) is 14.0. The maximum absolute atomic E-state index is 13.1. The normalized spacial score (nSPS) is 10.3. The number of amides is 1. The molecule has 3 nitrogen and oxygen atoms in total. The minimum atomic E-state index is -0.557. The maximum atomic E-state index is 13.1. The highest BCUT2D eigenvalue weighted by Gasteiger charge is 2.15. The molecule has 0 atom stereocenters. The summed E-state index contributed by atoms with van der Waals surface area (Å²) in [4.78, 5) is 11.4. The van der Waals surface area contributed by atoms with Crippen LogP contribution < -0.4 is 10.5 Å². The molecule has 0 saturated heterocycles. The molecule has 0 aliphatic carbocycles. The zero-order valence-corrected chi connectivity index (χ0v) is 10.7. The largest absolute Gasteiger partial charge is 0.495 e. The standard InChI is InChI=1S/C15H14FNO2/c1-9-8-10(16)6-7-11(9)12-4-3-5-13(15(17)18)14(12)19-2/h3-8H,1-2H3,(H2,17,18). The Morgan fingerprint density at radius 3 is 2.53 bits per heavy atom. The smallest absolute Gasteiger partial charge is 0.252 e. The Kier molecular flexibility index (Phi) is 3.51. The second-order valence-electron chi connectivity index (χ2n) is 4.21. The van der Waals surface area contributed by atoms with Crippen LogP contribution in [0.15, 0.2) is 36.4 Å². The van der Waals surface area contributed by atoms with E-state index in [2.05, 4.69) is 0 Å². The van der Waals surface area contributed by atoms with Gasteiger partial charge in [0.1, 0.15) is 11.6 Å². The molecule has 0 radical (unpaired) electrons. The highest BCUT2D eigenvalue weighted by Crippen LogP contribution is 2.34. The van der Waals surface area contributed by atoms with Crippen LogP contribution in [0.1, 0.15) is 15.9 Å².